The topological polar surface area (TPSA) is 15.3 Å². The molecule has 2 aliphatic heterocycles. The van der Waals surface area contributed by atoms with Crippen LogP contribution in [0.3, 0.4) is 0 Å². The lowest BCUT2D eigenvalue weighted by Crippen LogP contribution is -2.39. The van der Waals surface area contributed by atoms with Crippen molar-refractivity contribution >= 4 is 17.4 Å². The molecule has 0 aromatic heterocycles. The number of benzene rings is 1. The lowest BCUT2D eigenvalue weighted by atomic mass is 9.97. The second kappa shape index (κ2) is 6.86. The van der Waals surface area contributed by atoms with Gasteiger partial charge in [0.1, 0.15) is 0 Å². The van der Waals surface area contributed by atoms with Gasteiger partial charge < -0.3 is 10.2 Å². The molecule has 2 heterocycles. The first-order valence-corrected chi connectivity index (χ1v) is 9.06. The summed E-state index contributed by atoms with van der Waals surface area (Å²) in [6, 6.07) is 9.66. The van der Waals surface area contributed by atoms with Crippen molar-refractivity contribution in [3.63, 3.8) is 0 Å². The van der Waals surface area contributed by atoms with Gasteiger partial charge in [-0.3, -0.25) is 0 Å². The molecular weight excluding hydrogens is 264 g/mol. The average Bonchev–Trinajstić information content (AvgIpc) is 2.50. The van der Waals surface area contributed by atoms with Crippen molar-refractivity contribution in [2.45, 2.75) is 43.9 Å². The molecule has 1 saturated heterocycles. The van der Waals surface area contributed by atoms with Crippen molar-refractivity contribution in [1.29, 1.82) is 0 Å². The van der Waals surface area contributed by atoms with Crippen molar-refractivity contribution in [1.82, 2.24) is 5.32 Å². The fourth-order valence-electron chi connectivity index (χ4n) is 3.38. The average molecular weight is 290 g/mol. The van der Waals surface area contributed by atoms with E-state index < -0.39 is 0 Å². The molecule has 2 nitrogen and oxygen atoms in total. The van der Waals surface area contributed by atoms with E-state index in [-0.39, 0.29) is 0 Å². The third-order valence-electron chi connectivity index (χ3n) is 4.64. The summed E-state index contributed by atoms with van der Waals surface area (Å²) in [4.78, 5) is 2.63. The van der Waals surface area contributed by atoms with E-state index in [4.69, 9.17) is 0 Å². The number of thioether (sulfide) groups is 1. The van der Waals surface area contributed by atoms with Gasteiger partial charge in [-0.25, -0.2) is 0 Å². The van der Waals surface area contributed by atoms with Crippen LogP contribution in [0.25, 0.3) is 0 Å². The normalized spacial score (nSPS) is 23.6. The minimum atomic E-state index is 0.693. The molecule has 1 fully saturated rings. The maximum absolute atomic E-state index is 3.45. The molecule has 0 radical (unpaired) electrons. The molecule has 0 aliphatic carbocycles. The molecule has 20 heavy (non-hydrogen) atoms. The predicted molar refractivity (Wildman–Crippen MR) is 89.9 cm³/mol. The lowest BCUT2D eigenvalue weighted by molar-refractivity contribution is 0.531. The minimum absolute atomic E-state index is 0.693. The van der Waals surface area contributed by atoms with Crippen LogP contribution in [0.1, 0.15) is 31.7 Å². The number of nitrogens with zero attached hydrogens (tertiary/aromatic N) is 1. The van der Waals surface area contributed by atoms with Crippen LogP contribution in [0.2, 0.25) is 0 Å². The van der Waals surface area contributed by atoms with Gasteiger partial charge in [0.25, 0.3) is 0 Å². The number of fused-ring (bicyclic) bond motifs is 1. The lowest BCUT2D eigenvalue weighted by Gasteiger charge is -2.37. The number of rotatable bonds is 4. The summed E-state index contributed by atoms with van der Waals surface area (Å²) < 4.78 is 0. The maximum Gasteiger partial charge on any atom is 0.0401 e. The molecule has 110 valence electrons. The number of hydrogen-bond donors (Lipinski definition) is 1. The van der Waals surface area contributed by atoms with Crippen LogP contribution < -0.4 is 10.2 Å². The standard InChI is InChI=1S/C17H26N2S/c1-14-6-7-15-4-2-3-5-17(15)19(14)12-13-20-16-8-10-18-11-9-16/h2-5,14,16,18H,6-13H2,1H3. The fraction of sp³-hybridized carbons (Fsp3) is 0.647. The predicted octanol–water partition coefficient (Wildman–Crippen LogP) is 3.31. The van der Waals surface area contributed by atoms with Crippen molar-refractivity contribution in [2.75, 3.05) is 30.3 Å². The molecule has 1 N–H and O–H groups in total. The number of hydrogen-bond acceptors (Lipinski definition) is 3. The van der Waals surface area contributed by atoms with Gasteiger partial charge in [0, 0.05) is 29.3 Å². The highest BCUT2D eigenvalue weighted by Crippen LogP contribution is 2.31. The van der Waals surface area contributed by atoms with E-state index >= 15 is 0 Å². The first-order chi connectivity index (χ1) is 9.84. The summed E-state index contributed by atoms with van der Waals surface area (Å²) in [6.45, 7) is 6.00. The van der Waals surface area contributed by atoms with E-state index in [9.17, 15) is 0 Å². The molecule has 1 aromatic rings. The van der Waals surface area contributed by atoms with E-state index in [0.717, 1.165) is 5.25 Å². The fourth-order valence-corrected chi connectivity index (χ4v) is 4.59. The molecular formula is C17H26N2S. The molecule has 0 amide bonds. The van der Waals surface area contributed by atoms with Gasteiger partial charge in [0.15, 0.2) is 0 Å². The maximum atomic E-state index is 3.45. The molecule has 0 bridgehead atoms. The number of para-hydroxylation sites is 1. The molecule has 1 atom stereocenters. The van der Waals surface area contributed by atoms with E-state index in [1.807, 2.05) is 0 Å². The quantitative estimate of drug-likeness (QED) is 0.916. The summed E-state index contributed by atoms with van der Waals surface area (Å²) in [5.41, 5.74) is 3.02. The molecule has 0 saturated carbocycles. The summed E-state index contributed by atoms with van der Waals surface area (Å²) >= 11 is 2.19. The van der Waals surface area contributed by atoms with E-state index in [2.05, 4.69) is 53.2 Å². The Kier molecular flexibility index (Phi) is 4.90. The highest BCUT2D eigenvalue weighted by Gasteiger charge is 2.22. The molecule has 3 rings (SSSR count). The smallest absolute Gasteiger partial charge is 0.0401 e. The van der Waals surface area contributed by atoms with Gasteiger partial charge in [0.2, 0.25) is 0 Å². The Bertz CT molecular complexity index is 429. The van der Waals surface area contributed by atoms with Crippen LogP contribution in [0, 0.1) is 0 Å². The largest absolute Gasteiger partial charge is 0.368 e. The Morgan fingerprint density at radius 1 is 1.20 bits per heavy atom. The minimum Gasteiger partial charge on any atom is -0.368 e. The first kappa shape index (κ1) is 14.3. The monoisotopic (exact) mass is 290 g/mol. The Labute approximate surface area is 127 Å². The van der Waals surface area contributed by atoms with Gasteiger partial charge in [-0.1, -0.05) is 18.2 Å². The molecule has 2 aliphatic rings. The van der Waals surface area contributed by atoms with Crippen molar-refractivity contribution < 1.29 is 0 Å². The third-order valence-corrected chi connectivity index (χ3v) is 6.00. The number of aryl methyl sites for hydroxylation is 1. The van der Waals surface area contributed by atoms with Crippen molar-refractivity contribution in [3.05, 3.63) is 29.8 Å². The van der Waals surface area contributed by atoms with Gasteiger partial charge in [-0.2, -0.15) is 11.8 Å². The zero-order chi connectivity index (χ0) is 13.8. The summed E-state index contributed by atoms with van der Waals surface area (Å²) in [6.07, 6.45) is 5.23. The van der Waals surface area contributed by atoms with Crippen LogP contribution in [0.4, 0.5) is 5.69 Å². The second-order valence-corrected chi connectivity index (χ2v) is 7.44. The highest BCUT2D eigenvalue weighted by molar-refractivity contribution is 7.99. The van der Waals surface area contributed by atoms with Crippen LogP contribution in [0.15, 0.2) is 24.3 Å². The molecule has 0 spiro atoms. The number of piperidine rings is 1. The molecule has 1 unspecified atom stereocenters. The zero-order valence-electron chi connectivity index (χ0n) is 12.5. The van der Waals surface area contributed by atoms with Crippen LogP contribution >= 0.6 is 11.8 Å². The van der Waals surface area contributed by atoms with Gasteiger partial charge >= 0.3 is 0 Å². The summed E-state index contributed by atoms with van der Waals surface area (Å²) in [5, 5.41) is 4.33. The SMILES string of the molecule is CC1CCc2ccccc2N1CCSC1CCNCC1. The van der Waals surface area contributed by atoms with Crippen LogP contribution in [0.5, 0.6) is 0 Å². The molecule has 3 heteroatoms. The number of anilines is 1. The first-order valence-electron chi connectivity index (χ1n) is 8.01. The van der Waals surface area contributed by atoms with Gasteiger partial charge in [0.05, 0.1) is 0 Å². The van der Waals surface area contributed by atoms with Crippen LogP contribution in [-0.2, 0) is 6.42 Å². The zero-order valence-corrected chi connectivity index (χ0v) is 13.3. The van der Waals surface area contributed by atoms with Crippen molar-refractivity contribution in [2.24, 2.45) is 0 Å². The summed E-state index contributed by atoms with van der Waals surface area (Å²) in [7, 11) is 0. The Hall–Kier alpha value is -0.670. The molecule has 1 aromatic carbocycles. The van der Waals surface area contributed by atoms with Gasteiger partial charge in [-0.05, 0) is 57.3 Å². The Balaban J connectivity index is 1.56. The highest BCUT2D eigenvalue weighted by atomic mass is 32.2. The van der Waals surface area contributed by atoms with E-state index in [0.29, 0.717) is 6.04 Å². The van der Waals surface area contributed by atoms with Crippen LogP contribution in [-0.4, -0.2) is 36.7 Å². The second-order valence-electron chi connectivity index (χ2n) is 6.03. The van der Waals surface area contributed by atoms with Crippen molar-refractivity contribution in [3.8, 4) is 0 Å². The van der Waals surface area contributed by atoms with E-state index in [1.165, 1.54) is 62.3 Å². The summed E-state index contributed by atoms with van der Waals surface area (Å²) in [5.74, 6) is 1.27. The number of nitrogens with one attached hydrogen (secondary N) is 1. The Morgan fingerprint density at radius 3 is 2.85 bits per heavy atom. The Morgan fingerprint density at radius 2 is 2.00 bits per heavy atom. The van der Waals surface area contributed by atoms with Gasteiger partial charge in [-0.15, -0.1) is 0 Å². The van der Waals surface area contributed by atoms with E-state index in [1.54, 1.807) is 0 Å². The third kappa shape index (κ3) is 3.32.